The zero-order chi connectivity index (χ0) is 22.6. The molecule has 5 rings (SSSR count). The van der Waals surface area contributed by atoms with E-state index in [0.29, 0.717) is 23.7 Å². The summed E-state index contributed by atoms with van der Waals surface area (Å²) in [5.74, 6) is 0.472. The largest absolute Gasteiger partial charge is 0.482 e. The molecule has 0 spiro atoms. The standard InChI is InChI=1S/C27H25N3O3/c31-26(15-20-17-28-23-11-5-4-10-22(20)23)29-21-12-13-25-24(16-21)30(27(32)18-33-25)14-6-9-19-7-2-1-3-8-19/h1-5,7-8,10-13,16-17,28H,6,9,14-15,18H2,(H,29,31). The Balaban J connectivity index is 1.28. The fourth-order valence-electron chi connectivity index (χ4n) is 4.27. The normalized spacial score (nSPS) is 13.0. The number of aromatic nitrogens is 1. The van der Waals surface area contributed by atoms with Crippen LogP contribution < -0.4 is 15.0 Å². The van der Waals surface area contributed by atoms with Gasteiger partial charge in [0.05, 0.1) is 12.1 Å². The zero-order valence-corrected chi connectivity index (χ0v) is 18.2. The summed E-state index contributed by atoms with van der Waals surface area (Å²) >= 11 is 0. The van der Waals surface area contributed by atoms with Crippen molar-refractivity contribution in [3.8, 4) is 5.75 Å². The van der Waals surface area contributed by atoms with Crippen molar-refractivity contribution in [1.82, 2.24) is 4.98 Å². The smallest absolute Gasteiger partial charge is 0.265 e. The molecule has 0 saturated heterocycles. The zero-order valence-electron chi connectivity index (χ0n) is 18.2. The third-order valence-corrected chi connectivity index (χ3v) is 5.90. The minimum atomic E-state index is -0.113. The highest BCUT2D eigenvalue weighted by atomic mass is 16.5. The maximum Gasteiger partial charge on any atom is 0.265 e. The van der Waals surface area contributed by atoms with E-state index in [-0.39, 0.29) is 24.8 Å². The summed E-state index contributed by atoms with van der Waals surface area (Å²) in [7, 11) is 0. The summed E-state index contributed by atoms with van der Waals surface area (Å²) in [6.07, 6.45) is 3.86. The molecule has 3 aromatic carbocycles. The third-order valence-electron chi connectivity index (χ3n) is 5.90. The quantitative estimate of drug-likeness (QED) is 0.438. The van der Waals surface area contributed by atoms with Gasteiger partial charge in [0.1, 0.15) is 5.75 Å². The number of nitrogens with zero attached hydrogens (tertiary/aromatic N) is 1. The first-order chi connectivity index (χ1) is 16.2. The van der Waals surface area contributed by atoms with Crippen molar-refractivity contribution in [3.63, 3.8) is 0 Å². The van der Waals surface area contributed by atoms with E-state index in [4.69, 9.17) is 4.74 Å². The number of amides is 2. The Morgan fingerprint density at radius 2 is 1.85 bits per heavy atom. The minimum absolute atomic E-state index is 0.0323. The first-order valence-electron chi connectivity index (χ1n) is 11.1. The summed E-state index contributed by atoms with van der Waals surface area (Å²) in [5, 5.41) is 4.01. The molecule has 6 heteroatoms. The van der Waals surface area contributed by atoms with Crippen LogP contribution in [0.15, 0.2) is 79.0 Å². The van der Waals surface area contributed by atoms with Gasteiger partial charge in [-0.3, -0.25) is 9.59 Å². The lowest BCUT2D eigenvalue weighted by Gasteiger charge is -2.30. The average molecular weight is 440 g/mol. The Bertz CT molecular complexity index is 1300. The lowest BCUT2D eigenvalue weighted by Crippen LogP contribution is -2.39. The lowest BCUT2D eigenvalue weighted by molar-refractivity contribution is -0.121. The van der Waals surface area contributed by atoms with Crippen LogP contribution in [-0.4, -0.2) is 29.9 Å². The van der Waals surface area contributed by atoms with E-state index >= 15 is 0 Å². The highest BCUT2D eigenvalue weighted by Gasteiger charge is 2.25. The van der Waals surface area contributed by atoms with Crippen LogP contribution in [0.25, 0.3) is 10.9 Å². The first kappa shape index (κ1) is 20.8. The van der Waals surface area contributed by atoms with Gasteiger partial charge in [-0.15, -0.1) is 0 Å². The van der Waals surface area contributed by atoms with E-state index in [1.165, 1.54) is 5.56 Å². The first-order valence-corrected chi connectivity index (χ1v) is 11.1. The van der Waals surface area contributed by atoms with Crippen LogP contribution in [0.2, 0.25) is 0 Å². The van der Waals surface area contributed by atoms with Gasteiger partial charge in [0.25, 0.3) is 5.91 Å². The number of aromatic amines is 1. The highest BCUT2D eigenvalue weighted by Crippen LogP contribution is 2.35. The van der Waals surface area contributed by atoms with Gasteiger partial charge in [-0.2, -0.15) is 0 Å². The molecule has 2 heterocycles. The van der Waals surface area contributed by atoms with Crippen LogP contribution in [0.5, 0.6) is 5.75 Å². The molecule has 33 heavy (non-hydrogen) atoms. The van der Waals surface area contributed by atoms with Gasteiger partial charge in [0, 0.05) is 29.3 Å². The predicted octanol–water partition coefficient (Wildman–Crippen LogP) is 4.71. The lowest BCUT2D eigenvalue weighted by atomic mass is 10.1. The van der Waals surface area contributed by atoms with E-state index in [9.17, 15) is 9.59 Å². The van der Waals surface area contributed by atoms with Crippen LogP contribution in [0.1, 0.15) is 17.5 Å². The second-order valence-corrected chi connectivity index (χ2v) is 8.19. The van der Waals surface area contributed by atoms with E-state index in [0.717, 1.165) is 29.3 Å². The third kappa shape index (κ3) is 4.60. The fourth-order valence-corrected chi connectivity index (χ4v) is 4.27. The topological polar surface area (TPSA) is 74.4 Å². The molecule has 0 unspecified atom stereocenters. The van der Waals surface area contributed by atoms with Gasteiger partial charge in [-0.1, -0.05) is 48.5 Å². The van der Waals surface area contributed by atoms with Crippen LogP contribution >= 0.6 is 0 Å². The molecule has 0 saturated carbocycles. The van der Waals surface area contributed by atoms with E-state index < -0.39 is 0 Å². The molecule has 1 aliphatic rings. The van der Waals surface area contributed by atoms with Gasteiger partial charge in [-0.05, 0) is 48.2 Å². The second-order valence-electron chi connectivity index (χ2n) is 8.19. The molecule has 1 aliphatic heterocycles. The monoisotopic (exact) mass is 439 g/mol. The van der Waals surface area contributed by atoms with Crippen LogP contribution in [0.4, 0.5) is 11.4 Å². The Morgan fingerprint density at radius 1 is 1.03 bits per heavy atom. The summed E-state index contributed by atoms with van der Waals surface area (Å²) in [4.78, 5) is 30.3. The summed E-state index contributed by atoms with van der Waals surface area (Å²) in [6, 6.07) is 23.6. The van der Waals surface area contributed by atoms with E-state index in [1.807, 2.05) is 66.9 Å². The average Bonchev–Trinajstić information content (AvgIpc) is 3.24. The molecule has 2 N–H and O–H groups in total. The number of nitrogens with one attached hydrogen (secondary N) is 2. The maximum absolute atomic E-state index is 12.7. The van der Waals surface area contributed by atoms with Crippen molar-refractivity contribution in [2.75, 3.05) is 23.4 Å². The van der Waals surface area contributed by atoms with Crippen LogP contribution in [0.3, 0.4) is 0 Å². The Kier molecular flexibility index (Phi) is 5.81. The number of hydrogen-bond acceptors (Lipinski definition) is 3. The van der Waals surface area contributed by atoms with Crippen molar-refractivity contribution in [1.29, 1.82) is 0 Å². The van der Waals surface area contributed by atoms with Crippen molar-refractivity contribution >= 4 is 34.1 Å². The second kappa shape index (κ2) is 9.20. The highest BCUT2D eigenvalue weighted by molar-refractivity contribution is 6.00. The Morgan fingerprint density at radius 3 is 2.73 bits per heavy atom. The van der Waals surface area contributed by atoms with E-state index in [2.05, 4.69) is 22.4 Å². The SMILES string of the molecule is O=C(Cc1c[nH]c2ccccc12)Nc1ccc2c(c1)N(CCCc1ccccc1)C(=O)CO2. The van der Waals surface area contributed by atoms with Gasteiger partial charge >= 0.3 is 0 Å². The van der Waals surface area contributed by atoms with Gasteiger partial charge in [0.2, 0.25) is 5.91 Å². The fraction of sp³-hybridized carbons (Fsp3) is 0.185. The number of para-hydroxylation sites is 1. The summed E-state index contributed by atoms with van der Waals surface area (Å²) < 4.78 is 5.62. The molecule has 0 aliphatic carbocycles. The van der Waals surface area contributed by atoms with Crippen LogP contribution in [0, 0.1) is 0 Å². The number of ether oxygens (including phenoxy) is 1. The number of hydrogen-bond donors (Lipinski definition) is 2. The van der Waals surface area contributed by atoms with Crippen molar-refractivity contribution < 1.29 is 14.3 Å². The molecule has 1 aromatic heterocycles. The molecular weight excluding hydrogens is 414 g/mol. The van der Waals surface area contributed by atoms with Gasteiger partial charge in [0.15, 0.2) is 6.61 Å². The molecule has 0 radical (unpaired) electrons. The van der Waals surface area contributed by atoms with Gasteiger partial charge in [-0.25, -0.2) is 0 Å². The number of H-pyrrole nitrogens is 1. The van der Waals surface area contributed by atoms with Crippen molar-refractivity contribution in [2.45, 2.75) is 19.3 Å². The van der Waals surface area contributed by atoms with Gasteiger partial charge < -0.3 is 19.9 Å². The van der Waals surface area contributed by atoms with Crippen LogP contribution in [-0.2, 0) is 22.4 Å². The predicted molar refractivity (Wildman–Crippen MR) is 130 cm³/mol. The number of carbonyl (C=O) groups excluding carboxylic acids is 2. The van der Waals surface area contributed by atoms with Crippen molar-refractivity contribution in [2.24, 2.45) is 0 Å². The number of carbonyl (C=O) groups is 2. The van der Waals surface area contributed by atoms with Crippen molar-refractivity contribution in [3.05, 3.63) is 90.1 Å². The number of aryl methyl sites for hydroxylation is 1. The Labute approximate surface area is 192 Å². The number of anilines is 2. The summed E-state index contributed by atoms with van der Waals surface area (Å²) in [6.45, 7) is 0.626. The summed E-state index contributed by atoms with van der Waals surface area (Å²) in [5.41, 5.74) is 4.55. The number of rotatable bonds is 7. The molecule has 0 bridgehead atoms. The molecule has 0 fully saturated rings. The molecule has 0 atom stereocenters. The molecule has 2 amide bonds. The minimum Gasteiger partial charge on any atom is -0.482 e. The number of benzene rings is 3. The molecule has 166 valence electrons. The van der Waals surface area contributed by atoms with E-state index in [1.54, 1.807) is 4.90 Å². The Hall–Kier alpha value is -4.06. The molecular formula is C27H25N3O3. The maximum atomic E-state index is 12.7. The molecule has 6 nitrogen and oxygen atoms in total. The molecule has 4 aromatic rings. The number of fused-ring (bicyclic) bond motifs is 2.